The van der Waals surface area contributed by atoms with E-state index in [4.69, 9.17) is 11.6 Å². The summed E-state index contributed by atoms with van der Waals surface area (Å²) in [5.41, 5.74) is 1.15. The largest absolute Gasteiger partial charge is 0.352 e. The van der Waals surface area contributed by atoms with Gasteiger partial charge >= 0.3 is 0 Å². The van der Waals surface area contributed by atoms with Gasteiger partial charge in [-0.1, -0.05) is 18.0 Å². The van der Waals surface area contributed by atoms with Crippen LogP contribution in [0.5, 0.6) is 0 Å². The SMILES string of the molecule is C[C@H]1CCCCN1CCCNC(=O)c1ccc(Cl)cc1N1CCCC1=O. The molecule has 2 amide bonds. The first kappa shape index (κ1) is 19.2. The Labute approximate surface area is 160 Å². The Hall–Kier alpha value is -1.59. The highest BCUT2D eigenvalue weighted by Crippen LogP contribution is 2.28. The minimum absolute atomic E-state index is 0.0559. The number of rotatable bonds is 6. The summed E-state index contributed by atoms with van der Waals surface area (Å²) >= 11 is 6.10. The molecule has 6 heteroatoms. The molecule has 5 nitrogen and oxygen atoms in total. The lowest BCUT2D eigenvalue weighted by atomic mass is 10.0. The van der Waals surface area contributed by atoms with E-state index in [0.29, 0.717) is 41.8 Å². The molecule has 2 aliphatic rings. The zero-order chi connectivity index (χ0) is 18.5. The Kier molecular flexibility index (Phi) is 6.54. The monoisotopic (exact) mass is 377 g/mol. The van der Waals surface area contributed by atoms with Gasteiger partial charge in [0, 0.05) is 37.1 Å². The minimum Gasteiger partial charge on any atom is -0.352 e. The summed E-state index contributed by atoms with van der Waals surface area (Å²) in [6.45, 7) is 5.74. The second-order valence-electron chi connectivity index (χ2n) is 7.30. The zero-order valence-electron chi connectivity index (χ0n) is 15.5. The first-order chi connectivity index (χ1) is 12.6. The van der Waals surface area contributed by atoms with Crippen molar-refractivity contribution in [3.05, 3.63) is 28.8 Å². The van der Waals surface area contributed by atoms with Crippen LogP contribution in [-0.4, -0.2) is 48.9 Å². The topological polar surface area (TPSA) is 52.7 Å². The van der Waals surface area contributed by atoms with E-state index in [-0.39, 0.29) is 11.8 Å². The molecule has 2 heterocycles. The van der Waals surface area contributed by atoms with Gasteiger partial charge in [-0.25, -0.2) is 0 Å². The highest BCUT2D eigenvalue weighted by molar-refractivity contribution is 6.31. The van der Waals surface area contributed by atoms with Gasteiger partial charge in [0.15, 0.2) is 0 Å². The van der Waals surface area contributed by atoms with Gasteiger partial charge in [-0.3, -0.25) is 9.59 Å². The van der Waals surface area contributed by atoms with Crippen LogP contribution in [0.15, 0.2) is 18.2 Å². The summed E-state index contributed by atoms with van der Waals surface area (Å²) in [5.74, 6) is -0.0801. The average molecular weight is 378 g/mol. The standard InChI is InChI=1S/C20H28ClN3O2/c1-15-6-2-3-11-23(15)12-5-10-22-20(26)17-9-8-16(21)14-18(17)24-13-4-7-19(24)25/h8-9,14-15H,2-7,10-13H2,1H3,(H,22,26)/t15-/m0/s1. The maximum absolute atomic E-state index is 12.6. The lowest BCUT2D eigenvalue weighted by molar-refractivity contribution is -0.117. The summed E-state index contributed by atoms with van der Waals surface area (Å²) in [5, 5.41) is 3.54. The van der Waals surface area contributed by atoms with E-state index in [1.807, 2.05) is 0 Å². The van der Waals surface area contributed by atoms with Crippen LogP contribution in [0.4, 0.5) is 5.69 Å². The van der Waals surface area contributed by atoms with Crippen molar-refractivity contribution in [1.29, 1.82) is 0 Å². The number of hydrogen-bond acceptors (Lipinski definition) is 3. The maximum Gasteiger partial charge on any atom is 0.253 e. The fraction of sp³-hybridized carbons (Fsp3) is 0.600. The lowest BCUT2D eigenvalue weighted by Crippen LogP contribution is -2.39. The molecule has 1 N–H and O–H groups in total. The van der Waals surface area contributed by atoms with Gasteiger partial charge in [0.25, 0.3) is 5.91 Å². The summed E-state index contributed by atoms with van der Waals surface area (Å²) in [6, 6.07) is 5.78. The summed E-state index contributed by atoms with van der Waals surface area (Å²) in [6.07, 6.45) is 6.14. The van der Waals surface area contributed by atoms with E-state index in [2.05, 4.69) is 17.1 Å². The third-order valence-corrected chi connectivity index (χ3v) is 5.65. The van der Waals surface area contributed by atoms with Gasteiger partial charge < -0.3 is 15.1 Å². The van der Waals surface area contributed by atoms with Crippen LogP contribution in [0.2, 0.25) is 5.02 Å². The Morgan fingerprint density at radius 2 is 2.12 bits per heavy atom. The quantitative estimate of drug-likeness (QED) is 0.772. The number of nitrogens with one attached hydrogen (secondary N) is 1. The number of hydrogen-bond donors (Lipinski definition) is 1. The molecule has 26 heavy (non-hydrogen) atoms. The molecule has 2 saturated heterocycles. The minimum atomic E-state index is -0.136. The van der Waals surface area contributed by atoms with Gasteiger partial charge in [-0.2, -0.15) is 0 Å². The Balaban J connectivity index is 1.57. The van der Waals surface area contributed by atoms with Gasteiger partial charge in [0.2, 0.25) is 5.91 Å². The van der Waals surface area contributed by atoms with Gasteiger partial charge in [0.1, 0.15) is 0 Å². The third kappa shape index (κ3) is 4.57. The number of halogens is 1. The first-order valence-corrected chi connectivity index (χ1v) is 10.1. The molecule has 0 aliphatic carbocycles. The fourth-order valence-corrected chi connectivity index (χ4v) is 4.06. The van der Waals surface area contributed by atoms with Crippen molar-refractivity contribution in [2.24, 2.45) is 0 Å². The molecule has 1 aromatic rings. The molecule has 142 valence electrons. The molecule has 0 unspecified atom stereocenters. The number of carbonyl (C=O) groups excluding carboxylic acids is 2. The molecule has 0 aromatic heterocycles. The van der Waals surface area contributed by atoms with E-state index in [0.717, 1.165) is 25.9 Å². The molecule has 1 atom stereocenters. The van der Waals surface area contributed by atoms with E-state index in [1.54, 1.807) is 23.1 Å². The molecule has 2 fully saturated rings. The molecular formula is C20H28ClN3O2. The van der Waals surface area contributed by atoms with Gasteiger partial charge in [-0.15, -0.1) is 0 Å². The van der Waals surface area contributed by atoms with Crippen molar-refractivity contribution in [2.45, 2.75) is 51.5 Å². The number of carbonyl (C=O) groups is 2. The molecule has 2 aliphatic heterocycles. The molecule has 0 bridgehead atoms. The summed E-state index contributed by atoms with van der Waals surface area (Å²) in [4.78, 5) is 28.9. The van der Waals surface area contributed by atoms with E-state index < -0.39 is 0 Å². The van der Waals surface area contributed by atoms with Gasteiger partial charge in [0.05, 0.1) is 11.3 Å². The average Bonchev–Trinajstić information content (AvgIpc) is 3.05. The number of likely N-dealkylation sites (tertiary alicyclic amines) is 1. The smallest absolute Gasteiger partial charge is 0.253 e. The molecule has 0 spiro atoms. The molecule has 3 rings (SSSR count). The third-order valence-electron chi connectivity index (χ3n) is 5.42. The number of piperidine rings is 1. The highest BCUT2D eigenvalue weighted by atomic mass is 35.5. The fourth-order valence-electron chi connectivity index (χ4n) is 3.89. The second-order valence-corrected chi connectivity index (χ2v) is 7.74. The van der Waals surface area contributed by atoms with Crippen LogP contribution >= 0.6 is 11.6 Å². The van der Waals surface area contributed by atoms with E-state index >= 15 is 0 Å². The first-order valence-electron chi connectivity index (χ1n) is 9.68. The maximum atomic E-state index is 12.6. The molecule has 0 radical (unpaired) electrons. The lowest BCUT2D eigenvalue weighted by Gasteiger charge is -2.33. The van der Waals surface area contributed by atoms with Crippen LogP contribution in [0, 0.1) is 0 Å². The predicted octanol–water partition coefficient (Wildman–Crippen LogP) is 3.46. The highest BCUT2D eigenvalue weighted by Gasteiger charge is 2.26. The predicted molar refractivity (Wildman–Crippen MR) is 105 cm³/mol. The van der Waals surface area contributed by atoms with Crippen LogP contribution in [0.3, 0.4) is 0 Å². The van der Waals surface area contributed by atoms with Crippen LogP contribution in [0.25, 0.3) is 0 Å². The van der Waals surface area contributed by atoms with E-state index in [1.165, 1.54) is 19.3 Å². The Morgan fingerprint density at radius 3 is 2.85 bits per heavy atom. The van der Waals surface area contributed by atoms with Crippen molar-refractivity contribution in [3.8, 4) is 0 Å². The number of anilines is 1. The van der Waals surface area contributed by atoms with Crippen molar-refractivity contribution in [2.75, 3.05) is 31.1 Å². The Bertz CT molecular complexity index is 664. The van der Waals surface area contributed by atoms with Crippen LogP contribution in [0.1, 0.15) is 55.8 Å². The number of benzene rings is 1. The van der Waals surface area contributed by atoms with Crippen LogP contribution < -0.4 is 10.2 Å². The van der Waals surface area contributed by atoms with Crippen LogP contribution in [-0.2, 0) is 4.79 Å². The normalized spacial score (nSPS) is 21.2. The van der Waals surface area contributed by atoms with Crippen molar-refractivity contribution in [1.82, 2.24) is 10.2 Å². The van der Waals surface area contributed by atoms with Crippen molar-refractivity contribution >= 4 is 29.1 Å². The number of amides is 2. The van der Waals surface area contributed by atoms with Crippen molar-refractivity contribution < 1.29 is 9.59 Å². The van der Waals surface area contributed by atoms with Gasteiger partial charge in [-0.05, 0) is 57.4 Å². The van der Waals surface area contributed by atoms with E-state index in [9.17, 15) is 9.59 Å². The van der Waals surface area contributed by atoms with Crippen molar-refractivity contribution in [3.63, 3.8) is 0 Å². The zero-order valence-corrected chi connectivity index (χ0v) is 16.2. The number of nitrogens with zero attached hydrogens (tertiary/aromatic N) is 2. The summed E-state index contributed by atoms with van der Waals surface area (Å²) < 4.78 is 0. The molecular weight excluding hydrogens is 350 g/mol. The molecule has 1 aromatic carbocycles. The Morgan fingerprint density at radius 1 is 1.27 bits per heavy atom. The summed E-state index contributed by atoms with van der Waals surface area (Å²) in [7, 11) is 0. The second kappa shape index (κ2) is 8.87. The molecule has 0 saturated carbocycles.